The van der Waals surface area contributed by atoms with Gasteiger partial charge in [0.15, 0.2) is 0 Å². The number of aryl methyl sites for hydroxylation is 1. The molecule has 1 aromatic carbocycles. The van der Waals surface area contributed by atoms with Crippen molar-refractivity contribution in [1.82, 2.24) is 19.7 Å². The number of carbonyl (C=O) groups excluding carboxylic acids is 1. The maximum absolute atomic E-state index is 12.8. The summed E-state index contributed by atoms with van der Waals surface area (Å²) in [5, 5.41) is 6.19. The largest absolute Gasteiger partial charge is 0.341 e. The number of carbonyl (C=O) groups is 1. The number of urea groups is 1. The highest BCUT2D eigenvalue weighted by Gasteiger charge is 2.42. The Labute approximate surface area is 207 Å². The Hall–Kier alpha value is -2.05. The van der Waals surface area contributed by atoms with Gasteiger partial charge in [-0.05, 0) is 62.5 Å². The molecule has 2 heterocycles. The maximum Gasteiger partial charge on any atom is 0.317 e. The van der Waals surface area contributed by atoms with E-state index >= 15 is 0 Å². The zero-order valence-corrected chi connectivity index (χ0v) is 23.4. The number of likely N-dealkylation sites (tertiary alicyclic amines) is 1. The van der Waals surface area contributed by atoms with Gasteiger partial charge >= 0.3 is 6.03 Å². The monoisotopic (exact) mass is 480 g/mol. The van der Waals surface area contributed by atoms with Crippen molar-refractivity contribution >= 4 is 30.2 Å². The molecule has 3 atom stereocenters. The second kappa shape index (κ2) is 9.54. The molecule has 4 rings (SSSR count). The van der Waals surface area contributed by atoms with E-state index in [1.807, 2.05) is 18.7 Å². The van der Waals surface area contributed by atoms with Crippen LogP contribution in [-0.2, 0) is 13.0 Å². The van der Waals surface area contributed by atoms with Crippen LogP contribution < -0.4 is 5.32 Å². The number of hydrogen-bond acceptors (Lipinski definition) is 2. The van der Waals surface area contributed by atoms with Gasteiger partial charge in [-0.2, -0.15) is 0 Å². The number of likely N-dealkylation sites (N-methyl/N-ethyl adjacent to an activating group) is 1. The van der Waals surface area contributed by atoms with Gasteiger partial charge in [0.25, 0.3) is 0 Å². The Morgan fingerprint density at radius 3 is 2.53 bits per heavy atom. The van der Waals surface area contributed by atoms with E-state index in [1.54, 1.807) is 0 Å². The van der Waals surface area contributed by atoms with Crippen molar-refractivity contribution in [1.29, 1.82) is 0 Å². The first-order chi connectivity index (χ1) is 16.1. The third kappa shape index (κ3) is 4.24. The van der Waals surface area contributed by atoms with Gasteiger partial charge in [-0.25, -0.2) is 4.79 Å². The number of nitrogens with zero attached hydrogens (tertiary/aromatic N) is 3. The average Bonchev–Trinajstić information content (AvgIpc) is 3.09. The number of amides is 2. The van der Waals surface area contributed by atoms with Gasteiger partial charge in [0.2, 0.25) is 0 Å². The fourth-order valence-electron chi connectivity index (χ4n) is 6.23. The Kier molecular flexibility index (Phi) is 7.03. The summed E-state index contributed by atoms with van der Waals surface area (Å²) in [6.07, 6.45) is 3.19. The van der Waals surface area contributed by atoms with E-state index in [9.17, 15) is 4.79 Å². The summed E-state index contributed by atoms with van der Waals surface area (Å²) in [4.78, 5) is 17.2. The molecule has 1 aliphatic heterocycles. The summed E-state index contributed by atoms with van der Waals surface area (Å²) >= 11 is 0. The van der Waals surface area contributed by atoms with Crippen LogP contribution in [0.3, 0.4) is 0 Å². The number of rotatable bonds is 7. The molecule has 1 saturated heterocycles. The van der Waals surface area contributed by atoms with Gasteiger partial charge in [0.05, 0.1) is 8.07 Å². The molecule has 1 N–H and O–H groups in total. The molecule has 0 saturated carbocycles. The van der Waals surface area contributed by atoms with Crippen LogP contribution in [0.4, 0.5) is 4.79 Å². The summed E-state index contributed by atoms with van der Waals surface area (Å²) in [5.41, 5.74) is 5.79. The van der Waals surface area contributed by atoms with Crippen LogP contribution in [0.5, 0.6) is 0 Å². The van der Waals surface area contributed by atoms with Crippen LogP contribution in [0.25, 0.3) is 16.1 Å². The summed E-state index contributed by atoms with van der Waals surface area (Å²) < 4.78 is 2.58. The minimum Gasteiger partial charge on any atom is -0.341 e. The number of aromatic nitrogens is 1. The number of benzene rings is 1. The highest BCUT2D eigenvalue weighted by atomic mass is 28.3. The van der Waals surface area contributed by atoms with Crippen molar-refractivity contribution in [2.24, 2.45) is 0 Å². The van der Waals surface area contributed by atoms with Gasteiger partial charge in [-0.1, -0.05) is 45.3 Å². The number of piperidine rings is 1. The highest BCUT2D eigenvalue weighted by Crippen LogP contribution is 2.47. The number of hydrogen-bond donors (Lipinski definition) is 1. The average molecular weight is 481 g/mol. The zero-order chi connectivity index (χ0) is 24.8. The summed E-state index contributed by atoms with van der Waals surface area (Å²) in [5.74, 6) is 0.433. The van der Waals surface area contributed by atoms with E-state index < -0.39 is 8.07 Å². The van der Waals surface area contributed by atoms with Crippen LogP contribution in [0.15, 0.2) is 24.8 Å². The number of nitrogens with one attached hydrogen (secondary N) is 1. The van der Waals surface area contributed by atoms with E-state index in [-0.39, 0.29) is 12.1 Å². The highest BCUT2D eigenvalue weighted by molar-refractivity contribution is 6.93. The standard InChI is InChI=1S/C28H44N4OSi/c1-9-15-32-24-14-12-13-21-22-16-20(29-28(33)31(10-2)11-3)18-30(5)25(22)17-23(26(21)24)27(32)19(4)34(6,7)8/h12-14,20,22,25H,4,9-11,15-18H2,1-3,5-8H3,(H,29,33)/t20-,22?,25+/m0/s1. The minimum absolute atomic E-state index is 0.0689. The lowest BCUT2D eigenvalue weighted by molar-refractivity contribution is 0.124. The predicted molar refractivity (Wildman–Crippen MR) is 147 cm³/mol. The molecule has 1 aromatic heterocycles. The third-order valence-corrected chi connectivity index (χ3v) is 10.2. The van der Waals surface area contributed by atoms with Crippen LogP contribution in [0.1, 0.15) is 56.4 Å². The molecule has 0 bridgehead atoms. The Bertz CT molecular complexity index is 1080. The minimum atomic E-state index is -1.55. The lowest BCUT2D eigenvalue weighted by Gasteiger charge is -2.46. The molecule has 186 valence electrons. The normalized spacial score (nSPS) is 22.5. The molecular weight excluding hydrogens is 436 g/mol. The second-order valence-corrected chi connectivity index (χ2v) is 16.4. The Morgan fingerprint density at radius 1 is 1.21 bits per heavy atom. The van der Waals surface area contributed by atoms with Crippen LogP contribution in [0.2, 0.25) is 19.6 Å². The van der Waals surface area contributed by atoms with E-state index in [0.717, 1.165) is 45.4 Å². The van der Waals surface area contributed by atoms with Crippen molar-refractivity contribution in [3.63, 3.8) is 0 Å². The van der Waals surface area contributed by atoms with Gasteiger partial charge in [0.1, 0.15) is 0 Å². The van der Waals surface area contributed by atoms with Crippen molar-refractivity contribution in [3.8, 4) is 0 Å². The molecule has 0 radical (unpaired) electrons. The van der Waals surface area contributed by atoms with Crippen LogP contribution >= 0.6 is 0 Å². The molecule has 6 heteroatoms. The van der Waals surface area contributed by atoms with Crippen molar-refractivity contribution in [2.45, 2.75) is 84.2 Å². The van der Waals surface area contributed by atoms with E-state index in [2.05, 4.69) is 73.2 Å². The molecule has 1 aliphatic carbocycles. The van der Waals surface area contributed by atoms with Crippen molar-refractivity contribution in [3.05, 3.63) is 41.6 Å². The van der Waals surface area contributed by atoms with Crippen molar-refractivity contribution < 1.29 is 4.79 Å². The summed E-state index contributed by atoms with van der Waals surface area (Å²) in [7, 11) is 0.690. The van der Waals surface area contributed by atoms with Crippen LogP contribution in [-0.4, -0.2) is 67.2 Å². The second-order valence-electron chi connectivity index (χ2n) is 11.3. The molecule has 2 aromatic rings. The lowest BCUT2D eigenvalue weighted by Crippen LogP contribution is -2.56. The SMILES string of the molecule is C=C(c1c2c3c(cccc3n1CCC)C1C[C@H](NC(=O)N(CC)CC)CN(C)[C@@H]1C2)[Si](C)(C)C. The molecule has 1 fully saturated rings. The van der Waals surface area contributed by atoms with E-state index in [4.69, 9.17) is 0 Å². The first kappa shape index (κ1) is 25.1. The predicted octanol–water partition coefficient (Wildman–Crippen LogP) is 5.71. The fraction of sp³-hybridized carbons (Fsp3) is 0.607. The van der Waals surface area contributed by atoms with Gasteiger partial charge in [-0.15, -0.1) is 0 Å². The quantitative estimate of drug-likeness (QED) is 0.516. The number of fused-ring (bicyclic) bond motifs is 2. The van der Waals surface area contributed by atoms with Gasteiger partial charge < -0.3 is 19.7 Å². The Balaban J connectivity index is 1.78. The molecular formula is C28H44N4OSi. The molecule has 2 amide bonds. The third-order valence-electron chi connectivity index (χ3n) is 8.13. The fourth-order valence-corrected chi connectivity index (χ4v) is 7.22. The van der Waals surface area contributed by atoms with Gasteiger partial charge in [-0.3, -0.25) is 0 Å². The molecule has 5 nitrogen and oxygen atoms in total. The van der Waals surface area contributed by atoms with Crippen LogP contribution in [0, 0.1) is 0 Å². The summed E-state index contributed by atoms with van der Waals surface area (Å²) in [6, 6.07) is 7.61. The maximum atomic E-state index is 12.8. The summed E-state index contributed by atoms with van der Waals surface area (Å²) in [6.45, 7) is 21.7. The molecule has 0 spiro atoms. The first-order valence-electron chi connectivity index (χ1n) is 13.2. The molecule has 2 aliphatic rings. The smallest absolute Gasteiger partial charge is 0.317 e. The Morgan fingerprint density at radius 2 is 1.91 bits per heavy atom. The van der Waals surface area contributed by atoms with E-state index in [0.29, 0.717) is 12.0 Å². The first-order valence-corrected chi connectivity index (χ1v) is 16.7. The topological polar surface area (TPSA) is 40.5 Å². The lowest BCUT2D eigenvalue weighted by atomic mass is 9.73. The van der Waals surface area contributed by atoms with Gasteiger partial charge in [0, 0.05) is 60.8 Å². The molecule has 34 heavy (non-hydrogen) atoms. The van der Waals surface area contributed by atoms with Crippen molar-refractivity contribution in [2.75, 3.05) is 26.7 Å². The van der Waals surface area contributed by atoms with E-state index in [1.165, 1.54) is 32.9 Å². The zero-order valence-electron chi connectivity index (χ0n) is 22.4. The molecule has 1 unspecified atom stereocenters.